The minimum atomic E-state index is 0.391. The van der Waals surface area contributed by atoms with E-state index in [0.717, 1.165) is 42.5 Å². The smallest absolute Gasteiger partial charge is 0.161 e. The summed E-state index contributed by atoms with van der Waals surface area (Å²) in [6.07, 6.45) is 4.29. The lowest BCUT2D eigenvalue weighted by molar-refractivity contribution is 0.171. The van der Waals surface area contributed by atoms with Gasteiger partial charge in [-0.1, -0.05) is 6.07 Å². The molecule has 0 bridgehead atoms. The van der Waals surface area contributed by atoms with E-state index in [1.54, 1.807) is 0 Å². The predicted molar refractivity (Wildman–Crippen MR) is 83.1 cm³/mol. The maximum absolute atomic E-state index is 5.68. The highest BCUT2D eigenvalue weighted by Crippen LogP contribution is 2.34. The number of fused-ring (bicyclic) bond motifs is 1. The van der Waals surface area contributed by atoms with Crippen LogP contribution in [0.1, 0.15) is 36.0 Å². The van der Waals surface area contributed by atoms with E-state index in [4.69, 9.17) is 9.47 Å². The largest absolute Gasteiger partial charge is 0.486 e. The number of hydrogen-bond donors (Lipinski definition) is 1. The molecule has 0 radical (unpaired) electrons. The number of hydrogen-bond acceptors (Lipinski definition) is 4. The summed E-state index contributed by atoms with van der Waals surface area (Å²) in [7, 11) is 0. The number of nitrogens with zero attached hydrogens (tertiary/aromatic N) is 2. The monoisotopic (exact) mass is 299 g/mol. The molecule has 0 spiro atoms. The first-order valence-corrected chi connectivity index (χ1v) is 7.94. The molecular weight excluding hydrogens is 278 g/mol. The van der Waals surface area contributed by atoms with Crippen LogP contribution in [0.5, 0.6) is 11.5 Å². The van der Waals surface area contributed by atoms with Gasteiger partial charge in [0.15, 0.2) is 11.5 Å². The Morgan fingerprint density at radius 1 is 1.27 bits per heavy atom. The van der Waals surface area contributed by atoms with Crippen molar-refractivity contribution in [1.29, 1.82) is 0 Å². The molecule has 5 nitrogen and oxygen atoms in total. The first-order valence-electron chi connectivity index (χ1n) is 7.94. The molecule has 2 aliphatic rings. The van der Waals surface area contributed by atoms with Gasteiger partial charge in [0, 0.05) is 18.4 Å². The van der Waals surface area contributed by atoms with Crippen LogP contribution in [0.2, 0.25) is 0 Å². The van der Waals surface area contributed by atoms with Gasteiger partial charge in [0.1, 0.15) is 19.0 Å². The standard InChI is InChI=1S/C17H21N3O2/c1-12-10-18-17(19-12)14-3-2-6-20(14)11-13-4-5-15-16(9-13)22-8-7-21-15/h4-5,9-10,14H,2-3,6-8,11H2,1H3,(H,18,19)/t14-/m1/s1. The van der Waals surface area contributed by atoms with Crippen LogP contribution < -0.4 is 9.47 Å². The van der Waals surface area contributed by atoms with E-state index in [9.17, 15) is 0 Å². The zero-order chi connectivity index (χ0) is 14.9. The third-order valence-corrected chi connectivity index (χ3v) is 4.39. The summed E-state index contributed by atoms with van der Waals surface area (Å²) < 4.78 is 11.3. The van der Waals surface area contributed by atoms with Gasteiger partial charge in [0.05, 0.1) is 6.04 Å². The summed E-state index contributed by atoms with van der Waals surface area (Å²) in [5, 5.41) is 0. The zero-order valence-corrected chi connectivity index (χ0v) is 12.8. The summed E-state index contributed by atoms with van der Waals surface area (Å²) >= 11 is 0. The van der Waals surface area contributed by atoms with Gasteiger partial charge in [-0.15, -0.1) is 0 Å². The fraction of sp³-hybridized carbons (Fsp3) is 0.471. The van der Waals surface area contributed by atoms with Crippen molar-refractivity contribution in [1.82, 2.24) is 14.9 Å². The van der Waals surface area contributed by atoms with Crippen molar-refractivity contribution in [2.24, 2.45) is 0 Å². The Morgan fingerprint density at radius 2 is 2.14 bits per heavy atom. The lowest BCUT2D eigenvalue weighted by Crippen LogP contribution is -2.24. The van der Waals surface area contributed by atoms with E-state index in [2.05, 4.69) is 33.9 Å². The minimum Gasteiger partial charge on any atom is -0.486 e. The molecule has 22 heavy (non-hydrogen) atoms. The lowest BCUT2D eigenvalue weighted by atomic mass is 10.1. The number of imidazole rings is 1. The lowest BCUT2D eigenvalue weighted by Gasteiger charge is -2.24. The number of aromatic amines is 1. The van der Waals surface area contributed by atoms with Gasteiger partial charge in [0.2, 0.25) is 0 Å². The number of H-pyrrole nitrogens is 1. The Hall–Kier alpha value is -2.01. The van der Waals surface area contributed by atoms with Crippen LogP contribution in [0.4, 0.5) is 0 Å². The van der Waals surface area contributed by atoms with Crippen molar-refractivity contribution in [3.63, 3.8) is 0 Å². The molecule has 1 saturated heterocycles. The van der Waals surface area contributed by atoms with Crippen molar-refractivity contribution < 1.29 is 9.47 Å². The van der Waals surface area contributed by atoms with E-state index in [1.165, 1.54) is 12.0 Å². The molecule has 116 valence electrons. The Morgan fingerprint density at radius 3 is 2.95 bits per heavy atom. The molecular formula is C17H21N3O2. The van der Waals surface area contributed by atoms with Gasteiger partial charge < -0.3 is 14.5 Å². The number of nitrogens with one attached hydrogen (secondary N) is 1. The first kappa shape index (κ1) is 13.6. The Labute approximate surface area is 130 Å². The van der Waals surface area contributed by atoms with E-state index < -0.39 is 0 Å². The van der Waals surface area contributed by atoms with Crippen LogP contribution in [0.15, 0.2) is 24.4 Å². The van der Waals surface area contributed by atoms with Crippen LogP contribution in [0.3, 0.4) is 0 Å². The van der Waals surface area contributed by atoms with E-state index in [0.29, 0.717) is 19.3 Å². The van der Waals surface area contributed by atoms with Crippen molar-refractivity contribution >= 4 is 0 Å². The quantitative estimate of drug-likeness (QED) is 0.947. The average Bonchev–Trinajstić information content (AvgIpc) is 3.16. The van der Waals surface area contributed by atoms with Crippen molar-refractivity contribution in [3.8, 4) is 11.5 Å². The molecule has 0 saturated carbocycles. The third-order valence-electron chi connectivity index (χ3n) is 4.39. The van der Waals surface area contributed by atoms with Crippen LogP contribution in [0, 0.1) is 6.92 Å². The number of benzene rings is 1. The maximum atomic E-state index is 5.68. The van der Waals surface area contributed by atoms with Gasteiger partial charge in [-0.2, -0.15) is 0 Å². The molecule has 2 aromatic rings. The SMILES string of the molecule is Cc1cnc([C@H]2CCCN2Cc2ccc3c(c2)OCCO3)[nH]1. The third kappa shape index (κ3) is 2.57. The molecule has 1 aromatic carbocycles. The molecule has 5 heteroatoms. The fourth-order valence-corrected chi connectivity index (χ4v) is 3.35. The van der Waals surface area contributed by atoms with E-state index in [-0.39, 0.29) is 0 Å². The Balaban J connectivity index is 1.52. The van der Waals surface area contributed by atoms with Gasteiger partial charge in [-0.25, -0.2) is 4.98 Å². The molecule has 0 amide bonds. The van der Waals surface area contributed by atoms with E-state index in [1.807, 2.05) is 12.3 Å². The second-order valence-electron chi connectivity index (χ2n) is 6.06. The Kier molecular flexibility index (Phi) is 3.50. The average molecular weight is 299 g/mol. The molecule has 1 fully saturated rings. The molecule has 1 aromatic heterocycles. The van der Waals surface area contributed by atoms with Gasteiger partial charge >= 0.3 is 0 Å². The summed E-state index contributed by atoms with van der Waals surface area (Å²) in [5.41, 5.74) is 2.39. The highest BCUT2D eigenvalue weighted by atomic mass is 16.6. The number of aromatic nitrogens is 2. The van der Waals surface area contributed by atoms with Crippen molar-refractivity contribution in [3.05, 3.63) is 41.5 Å². The summed E-state index contributed by atoms with van der Waals surface area (Å²) in [6, 6.07) is 6.65. The normalized spacial score (nSPS) is 21.2. The molecule has 3 heterocycles. The first-order chi connectivity index (χ1) is 10.8. The second-order valence-corrected chi connectivity index (χ2v) is 6.06. The van der Waals surface area contributed by atoms with Gasteiger partial charge in [0.25, 0.3) is 0 Å². The molecule has 0 aliphatic carbocycles. The molecule has 1 N–H and O–H groups in total. The zero-order valence-electron chi connectivity index (χ0n) is 12.8. The van der Waals surface area contributed by atoms with Crippen LogP contribution in [-0.4, -0.2) is 34.6 Å². The number of rotatable bonds is 3. The van der Waals surface area contributed by atoms with Crippen molar-refractivity contribution in [2.45, 2.75) is 32.4 Å². The molecule has 4 rings (SSSR count). The second kappa shape index (κ2) is 5.65. The van der Waals surface area contributed by atoms with Gasteiger partial charge in [-0.05, 0) is 44.0 Å². The number of ether oxygens (including phenoxy) is 2. The number of likely N-dealkylation sites (tertiary alicyclic amines) is 1. The summed E-state index contributed by atoms with van der Waals surface area (Å²) in [5.74, 6) is 2.82. The number of aryl methyl sites for hydroxylation is 1. The maximum Gasteiger partial charge on any atom is 0.161 e. The summed E-state index contributed by atoms with van der Waals surface area (Å²) in [4.78, 5) is 10.4. The summed E-state index contributed by atoms with van der Waals surface area (Å²) in [6.45, 7) is 5.35. The predicted octanol–water partition coefficient (Wildman–Crippen LogP) is 2.83. The highest BCUT2D eigenvalue weighted by molar-refractivity contribution is 5.43. The molecule has 2 aliphatic heterocycles. The fourth-order valence-electron chi connectivity index (χ4n) is 3.35. The highest BCUT2D eigenvalue weighted by Gasteiger charge is 2.28. The topological polar surface area (TPSA) is 50.4 Å². The van der Waals surface area contributed by atoms with Crippen LogP contribution in [-0.2, 0) is 6.54 Å². The minimum absolute atomic E-state index is 0.391. The van der Waals surface area contributed by atoms with Gasteiger partial charge in [-0.3, -0.25) is 4.90 Å². The molecule has 0 unspecified atom stereocenters. The van der Waals surface area contributed by atoms with E-state index >= 15 is 0 Å². The van der Waals surface area contributed by atoms with Crippen molar-refractivity contribution in [2.75, 3.05) is 19.8 Å². The molecule has 1 atom stereocenters. The van der Waals surface area contributed by atoms with Crippen LogP contribution in [0.25, 0.3) is 0 Å². The van der Waals surface area contributed by atoms with Crippen LogP contribution >= 0.6 is 0 Å². The Bertz CT molecular complexity index is 668.